The van der Waals surface area contributed by atoms with Gasteiger partial charge in [-0.05, 0) is 12.8 Å². The minimum atomic E-state index is -4.81. The number of Topliss-reactive ketones (excluding diaryl/α,β-unsaturated/α-hetero) is 1. The first-order valence-electron chi connectivity index (χ1n) is 7.11. The van der Waals surface area contributed by atoms with Crippen LogP contribution in [0.15, 0.2) is 12.0 Å². The van der Waals surface area contributed by atoms with E-state index in [9.17, 15) is 22.4 Å². The molecule has 1 saturated carbocycles. The van der Waals surface area contributed by atoms with Crippen molar-refractivity contribution in [1.82, 2.24) is 9.88 Å². The van der Waals surface area contributed by atoms with Crippen LogP contribution in [0.2, 0.25) is 0 Å². The number of hydrogen-bond acceptors (Lipinski definition) is 5. The lowest BCUT2D eigenvalue weighted by Crippen LogP contribution is -2.15. The van der Waals surface area contributed by atoms with E-state index in [2.05, 4.69) is 10.3 Å². The van der Waals surface area contributed by atoms with Crippen molar-refractivity contribution >= 4 is 22.3 Å². The number of anilines is 1. The van der Waals surface area contributed by atoms with Crippen LogP contribution in [0.3, 0.4) is 0 Å². The number of rotatable bonds is 5. The summed E-state index contributed by atoms with van der Waals surface area (Å²) >= 11 is 0.546. The average Bonchev–Trinajstić information content (AvgIpc) is 3.06. The van der Waals surface area contributed by atoms with Gasteiger partial charge < -0.3 is 10.2 Å². The molecule has 1 aromatic heterocycles. The molecule has 0 radical (unpaired) electrons. The Hall–Kier alpha value is -1.64. The van der Waals surface area contributed by atoms with Gasteiger partial charge in [0.15, 0.2) is 16.7 Å². The number of thiazole rings is 1. The van der Waals surface area contributed by atoms with Crippen molar-refractivity contribution < 1.29 is 22.4 Å². The molecule has 0 spiro atoms. The van der Waals surface area contributed by atoms with E-state index in [1.165, 1.54) is 19.0 Å². The van der Waals surface area contributed by atoms with Crippen LogP contribution in [0, 0.1) is 0 Å². The molecular formula is C14H17F4N3OS. The second-order valence-corrected chi connectivity index (χ2v) is 6.59. The van der Waals surface area contributed by atoms with Crippen molar-refractivity contribution in [3.8, 4) is 0 Å². The Morgan fingerprint density at radius 3 is 2.48 bits per heavy atom. The van der Waals surface area contributed by atoms with E-state index in [-0.39, 0.29) is 11.2 Å². The Balaban J connectivity index is 2.32. The van der Waals surface area contributed by atoms with Crippen LogP contribution < -0.4 is 5.32 Å². The third-order valence-corrected chi connectivity index (χ3v) is 4.36. The summed E-state index contributed by atoms with van der Waals surface area (Å²) in [5.74, 6) is -2.56. The maximum Gasteiger partial charge on any atom is 0.435 e. The maximum absolute atomic E-state index is 13.8. The van der Waals surface area contributed by atoms with Crippen molar-refractivity contribution in [3.63, 3.8) is 0 Å². The highest BCUT2D eigenvalue weighted by atomic mass is 32.1. The Labute approximate surface area is 135 Å². The van der Waals surface area contributed by atoms with E-state index in [1.807, 2.05) is 0 Å². The highest BCUT2D eigenvalue weighted by Crippen LogP contribution is 2.38. The van der Waals surface area contributed by atoms with Gasteiger partial charge in [0.25, 0.3) is 0 Å². The molecule has 128 valence electrons. The van der Waals surface area contributed by atoms with Crippen LogP contribution in [-0.2, 0) is 6.18 Å². The third-order valence-electron chi connectivity index (χ3n) is 3.37. The predicted molar refractivity (Wildman–Crippen MR) is 80.2 cm³/mol. The number of carbonyl (C=O) groups excluding carboxylic acids is 1. The summed E-state index contributed by atoms with van der Waals surface area (Å²) in [7, 11) is 2.94. The molecule has 0 unspecified atom stereocenters. The number of nitrogens with one attached hydrogen (secondary N) is 1. The summed E-state index contributed by atoms with van der Waals surface area (Å²) in [4.78, 5) is 16.0. The van der Waals surface area contributed by atoms with E-state index in [0.717, 1.165) is 31.9 Å². The molecule has 1 aromatic rings. The number of carbonyl (C=O) groups is 1. The van der Waals surface area contributed by atoms with Gasteiger partial charge in [-0.3, -0.25) is 4.79 Å². The number of nitrogens with zero attached hydrogens (tertiary/aromatic N) is 2. The van der Waals surface area contributed by atoms with E-state index >= 15 is 0 Å². The van der Waals surface area contributed by atoms with E-state index < -0.39 is 28.4 Å². The molecular weight excluding hydrogens is 334 g/mol. The van der Waals surface area contributed by atoms with Gasteiger partial charge in [-0.15, -0.1) is 0 Å². The van der Waals surface area contributed by atoms with E-state index in [4.69, 9.17) is 0 Å². The first-order chi connectivity index (χ1) is 10.7. The molecule has 9 heteroatoms. The number of hydrogen-bond donors (Lipinski definition) is 1. The van der Waals surface area contributed by atoms with Gasteiger partial charge in [-0.25, -0.2) is 9.37 Å². The van der Waals surface area contributed by atoms with Crippen molar-refractivity contribution in [2.24, 2.45) is 0 Å². The molecule has 0 aromatic carbocycles. The van der Waals surface area contributed by atoms with Gasteiger partial charge in [0.1, 0.15) is 4.88 Å². The van der Waals surface area contributed by atoms with Crippen LogP contribution in [0.25, 0.3) is 0 Å². The Bertz CT molecular complexity index is 604. The quantitative estimate of drug-likeness (QED) is 0.493. The summed E-state index contributed by atoms with van der Waals surface area (Å²) in [6, 6.07) is 0.0485. The van der Waals surface area contributed by atoms with Gasteiger partial charge in [0.2, 0.25) is 5.78 Å². The van der Waals surface area contributed by atoms with Crippen LogP contribution >= 0.6 is 11.3 Å². The summed E-state index contributed by atoms with van der Waals surface area (Å²) in [5.41, 5.74) is -1.34. The smallest absolute Gasteiger partial charge is 0.381 e. The van der Waals surface area contributed by atoms with Crippen molar-refractivity contribution in [1.29, 1.82) is 0 Å². The van der Waals surface area contributed by atoms with Crippen molar-refractivity contribution in [3.05, 3.63) is 22.6 Å². The van der Waals surface area contributed by atoms with Crippen LogP contribution in [0.1, 0.15) is 41.0 Å². The van der Waals surface area contributed by atoms with Gasteiger partial charge in [-0.1, -0.05) is 24.2 Å². The molecule has 1 N–H and O–H groups in total. The Morgan fingerprint density at radius 1 is 1.35 bits per heavy atom. The van der Waals surface area contributed by atoms with Gasteiger partial charge in [0, 0.05) is 26.3 Å². The normalized spacial score (nSPS) is 16.7. The van der Waals surface area contributed by atoms with Crippen molar-refractivity contribution in [2.75, 3.05) is 19.4 Å². The average molecular weight is 351 g/mol. The van der Waals surface area contributed by atoms with Crippen LogP contribution in [0.5, 0.6) is 0 Å². The maximum atomic E-state index is 13.8. The third kappa shape index (κ3) is 4.43. The fourth-order valence-electron chi connectivity index (χ4n) is 2.37. The molecule has 1 fully saturated rings. The predicted octanol–water partition coefficient (Wildman–Crippen LogP) is 4.07. The highest BCUT2D eigenvalue weighted by molar-refractivity contribution is 7.17. The molecule has 23 heavy (non-hydrogen) atoms. The van der Waals surface area contributed by atoms with E-state index in [0.29, 0.717) is 11.3 Å². The molecule has 0 atom stereocenters. The zero-order valence-corrected chi connectivity index (χ0v) is 13.5. The molecule has 0 saturated heterocycles. The molecule has 0 aliphatic heterocycles. The first-order valence-corrected chi connectivity index (χ1v) is 7.93. The molecule has 1 heterocycles. The fraction of sp³-hybridized carbons (Fsp3) is 0.571. The lowest BCUT2D eigenvalue weighted by Gasteiger charge is -2.09. The topological polar surface area (TPSA) is 45.2 Å². The molecule has 2 rings (SSSR count). The number of halogens is 4. The van der Waals surface area contributed by atoms with Gasteiger partial charge in [-0.2, -0.15) is 13.2 Å². The number of allylic oxidation sites excluding steroid dienone is 1. The molecule has 1 aliphatic rings. The van der Waals surface area contributed by atoms with Crippen LogP contribution in [0.4, 0.5) is 22.7 Å². The van der Waals surface area contributed by atoms with Crippen molar-refractivity contribution in [2.45, 2.75) is 37.9 Å². The van der Waals surface area contributed by atoms with Crippen LogP contribution in [-0.4, -0.2) is 35.8 Å². The van der Waals surface area contributed by atoms with E-state index in [1.54, 1.807) is 0 Å². The second kappa shape index (κ2) is 6.86. The number of ketones is 1. The SMILES string of the molecule is CN(C)C=C(F)C(=O)c1sc(NC2CCCC2)nc1C(F)(F)F. The standard InChI is InChI=1S/C14H17F4N3OS/c1-21(2)7-9(15)10(22)11-12(14(16,17)18)20-13(23-11)19-8-5-3-4-6-8/h7-8H,3-6H2,1-2H3,(H,19,20). The fourth-order valence-corrected chi connectivity index (χ4v) is 3.37. The minimum absolute atomic E-state index is 0.00484. The molecule has 0 amide bonds. The molecule has 4 nitrogen and oxygen atoms in total. The zero-order chi connectivity index (χ0) is 17.2. The van der Waals surface area contributed by atoms with Gasteiger partial charge >= 0.3 is 6.18 Å². The number of aromatic nitrogens is 1. The highest BCUT2D eigenvalue weighted by Gasteiger charge is 2.40. The first kappa shape index (κ1) is 17.7. The lowest BCUT2D eigenvalue weighted by atomic mass is 10.2. The molecule has 0 bridgehead atoms. The Kier molecular flexibility index (Phi) is 5.28. The minimum Gasteiger partial charge on any atom is -0.381 e. The summed E-state index contributed by atoms with van der Waals surface area (Å²) < 4.78 is 53.0. The Morgan fingerprint density at radius 2 is 1.96 bits per heavy atom. The van der Waals surface area contributed by atoms with Gasteiger partial charge in [0.05, 0.1) is 0 Å². The molecule has 1 aliphatic carbocycles. The number of alkyl halides is 3. The summed E-state index contributed by atoms with van der Waals surface area (Å²) in [6.45, 7) is 0. The largest absolute Gasteiger partial charge is 0.435 e. The lowest BCUT2D eigenvalue weighted by molar-refractivity contribution is -0.140. The monoisotopic (exact) mass is 351 g/mol. The second-order valence-electron chi connectivity index (χ2n) is 5.59. The zero-order valence-electron chi connectivity index (χ0n) is 12.7. The summed E-state index contributed by atoms with van der Waals surface area (Å²) in [5, 5.41) is 2.92. The summed E-state index contributed by atoms with van der Waals surface area (Å²) in [6.07, 6.45) is -0.275.